The Labute approximate surface area is 158 Å². The number of nitrogens with zero attached hydrogens (tertiary/aromatic N) is 5. The third kappa shape index (κ3) is 3.45. The number of hydrazone groups is 1. The van der Waals surface area contributed by atoms with Gasteiger partial charge in [-0.3, -0.25) is 10.1 Å². The van der Waals surface area contributed by atoms with Gasteiger partial charge in [0.1, 0.15) is 11.6 Å². The Morgan fingerprint density at radius 2 is 1.96 bits per heavy atom. The van der Waals surface area contributed by atoms with Gasteiger partial charge in [-0.05, 0) is 17.7 Å². The summed E-state index contributed by atoms with van der Waals surface area (Å²) in [6.45, 7) is 1.54. The van der Waals surface area contributed by atoms with E-state index >= 15 is 0 Å². The maximum atomic E-state index is 13.5. The molecule has 1 aromatic heterocycles. The van der Waals surface area contributed by atoms with E-state index < -0.39 is 22.6 Å². The summed E-state index contributed by atoms with van der Waals surface area (Å²) in [5.74, 6) is -1.22. The van der Waals surface area contributed by atoms with E-state index in [-0.39, 0.29) is 17.6 Å². The van der Waals surface area contributed by atoms with E-state index in [1.807, 2.05) is 0 Å². The molecule has 4 rings (SSSR count). The summed E-state index contributed by atoms with van der Waals surface area (Å²) < 4.78 is 28.8. The quantitative estimate of drug-likeness (QED) is 0.595. The number of amides is 2. The van der Waals surface area contributed by atoms with Crippen molar-refractivity contribution in [3.63, 3.8) is 0 Å². The molecule has 1 atom stereocenters. The minimum absolute atomic E-state index is 0.0313. The Morgan fingerprint density at radius 1 is 1.25 bits per heavy atom. The van der Waals surface area contributed by atoms with Crippen LogP contribution in [0.15, 0.2) is 41.8 Å². The summed E-state index contributed by atoms with van der Waals surface area (Å²) >= 11 is 0. The van der Waals surface area contributed by atoms with Crippen molar-refractivity contribution in [2.24, 2.45) is 11.0 Å². The molecule has 0 radical (unpaired) electrons. The van der Waals surface area contributed by atoms with Gasteiger partial charge in [0.15, 0.2) is 0 Å². The van der Waals surface area contributed by atoms with Crippen LogP contribution in [0.4, 0.5) is 19.3 Å². The van der Waals surface area contributed by atoms with Gasteiger partial charge in [-0.2, -0.15) is 5.10 Å². The predicted molar refractivity (Wildman–Crippen MR) is 95.6 cm³/mol. The lowest BCUT2D eigenvalue weighted by Gasteiger charge is -2.41. The van der Waals surface area contributed by atoms with Gasteiger partial charge >= 0.3 is 6.03 Å². The van der Waals surface area contributed by atoms with E-state index in [1.165, 1.54) is 29.4 Å². The summed E-state index contributed by atoms with van der Waals surface area (Å²) in [4.78, 5) is 24.6. The highest BCUT2D eigenvalue weighted by atomic mass is 19.1. The lowest BCUT2D eigenvalue weighted by atomic mass is 10.00. The number of carbonyl (C=O) groups is 1. The van der Waals surface area contributed by atoms with Crippen molar-refractivity contribution < 1.29 is 18.5 Å². The van der Waals surface area contributed by atoms with Crippen LogP contribution in [0.5, 0.6) is 0 Å². The first-order valence-electron chi connectivity index (χ1n) is 8.77. The van der Waals surface area contributed by atoms with Crippen LogP contribution < -0.4 is 0 Å². The van der Waals surface area contributed by atoms with Crippen molar-refractivity contribution in [1.82, 2.24) is 14.5 Å². The highest BCUT2D eigenvalue weighted by Crippen LogP contribution is 2.32. The van der Waals surface area contributed by atoms with E-state index in [1.54, 1.807) is 21.9 Å². The molecule has 0 aliphatic carbocycles. The van der Waals surface area contributed by atoms with Crippen LogP contribution in [0.1, 0.15) is 18.0 Å². The smallest absolute Gasteiger partial charge is 0.341 e. The fourth-order valence-corrected chi connectivity index (χ4v) is 3.58. The Balaban J connectivity index is 1.37. The van der Waals surface area contributed by atoms with Gasteiger partial charge in [-0.1, -0.05) is 0 Å². The largest absolute Gasteiger partial charge is 0.348 e. The first kappa shape index (κ1) is 18.1. The van der Waals surface area contributed by atoms with Crippen LogP contribution in [-0.2, 0) is 6.54 Å². The van der Waals surface area contributed by atoms with E-state index in [2.05, 4.69) is 5.10 Å². The molecule has 2 aliphatic heterocycles. The molecule has 146 valence electrons. The van der Waals surface area contributed by atoms with Crippen molar-refractivity contribution in [1.29, 1.82) is 0 Å². The first-order valence-corrected chi connectivity index (χ1v) is 8.77. The number of benzene rings is 1. The molecule has 2 amide bonds. The standard InChI is InChI=1S/C18H17F2N5O3/c19-14-5-13(6-15(20)7-14)17-1-3-21-24(17)18(26)23-9-12(10-23)8-22-4-2-16(11-22)25(27)28/h2-7,11-12,17H,1,8-10H2. The molecule has 0 N–H and O–H groups in total. The Morgan fingerprint density at radius 3 is 2.61 bits per heavy atom. The van der Waals surface area contributed by atoms with Gasteiger partial charge in [0.2, 0.25) is 0 Å². The number of nitro groups is 1. The molecule has 1 saturated heterocycles. The van der Waals surface area contributed by atoms with E-state index in [9.17, 15) is 23.7 Å². The monoisotopic (exact) mass is 389 g/mol. The third-order valence-electron chi connectivity index (χ3n) is 4.94. The van der Waals surface area contributed by atoms with Crippen LogP contribution in [0.3, 0.4) is 0 Å². The molecule has 1 unspecified atom stereocenters. The minimum atomic E-state index is -0.695. The van der Waals surface area contributed by atoms with Gasteiger partial charge in [-0.15, -0.1) is 0 Å². The molecule has 0 bridgehead atoms. The molecule has 1 fully saturated rings. The number of aromatic nitrogens is 1. The number of carbonyl (C=O) groups excluding carboxylic acids is 1. The predicted octanol–water partition coefficient (Wildman–Crippen LogP) is 3.16. The second kappa shape index (κ2) is 7.02. The summed E-state index contributed by atoms with van der Waals surface area (Å²) in [5.41, 5.74) is 0.393. The molecule has 10 heteroatoms. The average Bonchev–Trinajstić information content (AvgIpc) is 3.25. The maximum Gasteiger partial charge on any atom is 0.341 e. The second-order valence-electron chi connectivity index (χ2n) is 6.97. The number of rotatable bonds is 4. The minimum Gasteiger partial charge on any atom is -0.348 e. The first-order chi connectivity index (χ1) is 13.4. The Hall–Kier alpha value is -3.30. The molecule has 0 saturated carbocycles. The SMILES string of the molecule is O=C(N1CC(Cn2ccc([N+](=O)[O-])c2)C1)N1N=CCC1c1cc(F)cc(F)c1. The van der Waals surface area contributed by atoms with Gasteiger partial charge in [-0.25, -0.2) is 18.6 Å². The van der Waals surface area contributed by atoms with Crippen LogP contribution in [0.25, 0.3) is 0 Å². The van der Waals surface area contributed by atoms with Crippen molar-refractivity contribution >= 4 is 17.9 Å². The van der Waals surface area contributed by atoms with Crippen LogP contribution >= 0.6 is 0 Å². The highest BCUT2D eigenvalue weighted by molar-refractivity contribution is 5.79. The number of hydrogen-bond acceptors (Lipinski definition) is 4. The zero-order valence-electron chi connectivity index (χ0n) is 14.7. The highest BCUT2D eigenvalue weighted by Gasteiger charge is 2.38. The summed E-state index contributed by atoms with van der Waals surface area (Å²) in [6, 6.07) is 3.78. The van der Waals surface area contributed by atoms with E-state index in [4.69, 9.17) is 0 Å². The molecule has 3 heterocycles. The normalized spacial score (nSPS) is 19.1. The third-order valence-corrected chi connectivity index (χ3v) is 4.94. The van der Waals surface area contributed by atoms with Crippen molar-refractivity contribution in [3.8, 4) is 0 Å². The Kier molecular flexibility index (Phi) is 4.54. The molecular weight excluding hydrogens is 372 g/mol. The van der Waals surface area contributed by atoms with E-state index in [0.29, 0.717) is 31.6 Å². The van der Waals surface area contributed by atoms with Gasteiger partial charge in [0.05, 0.1) is 17.2 Å². The van der Waals surface area contributed by atoms with Crippen molar-refractivity contribution in [2.75, 3.05) is 13.1 Å². The van der Waals surface area contributed by atoms with Crippen LogP contribution in [0, 0.1) is 27.7 Å². The Bertz CT molecular complexity index is 934. The summed E-state index contributed by atoms with van der Waals surface area (Å²) in [7, 11) is 0. The second-order valence-corrected chi connectivity index (χ2v) is 6.97. The van der Waals surface area contributed by atoms with Crippen LogP contribution in [-0.4, -0.2) is 44.7 Å². The molecule has 1 aromatic carbocycles. The molecule has 2 aliphatic rings. The lowest BCUT2D eigenvalue weighted by Crippen LogP contribution is -2.54. The topological polar surface area (TPSA) is 84.0 Å². The van der Waals surface area contributed by atoms with Gasteiger partial charge in [0, 0.05) is 56.5 Å². The fourth-order valence-electron chi connectivity index (χ4n) is 3.58. The number of urea groups is 1. The summed E-state index contributed by atoms with van der Waals surface area (Å²) in [5, 5.41) is 16.1. The van der Waals surface area contributed by atoms with Crippen molar-refractivity contribution in [3.05, 3.63) is 64.0 Å². The zero-order chi connectivity index (χ0) is 19.8. The lowest BCUT2D eigenvalue weighted by molar-refractivity contribution is -0.384. The maximum absolute atomic E-state index is 13.5. The molecule has 28 heavy (non-hydrogen) atoms. The number of likely N-dealkylation sites (tertiary alicyclic amines) is 1. The van der Waals surface area contributed by atoms with Gasteiger partial charge in [0.25, 0.3) is 5.69 Å². The summed E-state index contributed by atoms with van der Waals surface area (Å²) in [6.07, 6.45) is 5.05. The molecule has 8 nitrogen and oxygen atoms in total. The van der Waals surface area contributed by atoms with Gasteiger partial charge < -0.3 is 9.47 Å². The number of hydrogen-bond donors (Lipinski definition) is 0. The van der Waals surface area contributed by atoms with E-state index in [0.717, 1.165) is 6.07 Å². The number of halogens is 2. The average molecular weight is 389 g/mol. The van der Waals surface area contributed by atoms with Crippen LogP contribution in [0.2, 0.25) is 0 Å². The molecule has 2 aromatic rings. The molecular formula is C18H17F2N5O3. The zero-order valence-corrected chi connectivity index (χ0v) is 14.7. The molecule has 0 spiro atoms. The fraction of sp³-hybridized carbons (Fsp3) is 0.333. The van der Waals surface area contributed by atoms with Crippen molar-refractivity contribution in [2.45, 2.75) is 19.0 Å².